The van der Waals surface area contributed by atoms with Gasteiger partial charge in [-0.15, -0.1) is 0 Å². The highest BCUT2D eigenvalue weighted by Crippen LogP contribution is 2.36. The molecule has 2 aliphatic rings. The highest BCUT2D eigenvalue weighted by Gasteiger charge is 2.52. The zero-order chi connectivity index (χ0) is 23.0. The van der Waals surface area contributed by atoms with Crippen molar-refractivity contribution < 1.29 is 32.7 Å². The molecule has 10 nitrogen and oxygen atoms in total. The van der Waals surface area contributed by atoms with E-state index in [4.69, 9.17) is 14.4 Å². The van der Waals surface area contributed by atoms with E-state index >= 15 is 0 Å². The molecule has 1 aromatic rings. The van der Waals surface area contributed by atoms with Gasteiger partial charge in [-0.05, 0) is 47.0 Å². The van der Waals surface area contributed by atoms with E-state index in [1.165, 1.54) is 17.3 Å². The number of rotatable bonds is 6. The molecule has 31 heavy (non-hydrogen) atoms. The molecule has 0 aromatic carbocycles. The lowest BCUT2D eigenvalue weighted by Gasteiger charge is -2.36. The highest BCUT2D eigenvalue weighted by atomic mass is 32.2. The number of sulfone groups is 1. The van der Waals surface area contributed by atoms with Gasteiger partial charge in [0.1, 0.15) is 0 Å². The number of carbonyl (C=O) groups excluding carboxylic acids is 1. The molecule has 0 aliphatic carbocycles. The third-order valence-electron chi connectivity index (χ3n) is 6.23. The number of nitrogens with zero attached hydrogens (tertiary/aromatic N) is 3. The first kappa shape index (κ1) is 24.1. The van der Waals surface area contributed by atoms with Gasteiger partial charge in [-0.25, -0.2) is 18.4 Å². The maximum Gasteiger partial charge on any atom is 0.498 e. The van der Waals surface area contributed by atoms with E-state index in [0.29, 0.717) is 24.8 Å². The molecule has 0 radical (unpaired) electrons. The van der Waals surface area contributed by atoms with E-state index in [1.807, 2.05) is 27.7 Å². The average molecular weight is 455 g/mol. The van der Waals surface area contributed by atoms with E-state index in [0.717, 1.165) is 6.42 Å². The second-order valence-electron chi connectivity index (χ2n) is 9.05. The van der Waals surface area contributed by atoms with Crippen molar-refractivity contribution in [3.05, 3.63) is 12.4 Å². The largest absolute Gasteiger partial charge is 0.498 e. The lowest BCUT2D eigenvalue weighted by atomic mass is 9.81. The van der Waals surface area contributed by atoms with Crippen molar-refractivity contribution in [1.82, 2.24) is 14.9 Å². The molecule has 12 heteroatoms. The summed E-state index contributed by atoms with van der Waals surface area (Å²) in [4.78, 5) is 21.7. The zero-order valence-electron chi connectivity index (χ0n) is 18.3. The van der Waals surface area contributed by atoms with Gasteiger partial charge < -0.3 is 24.4 Å². The number of aromatic nitrogens is 2. The molecular weight excluding hydrogens is 425 g/mol. The minimum atomic E-state index is -3.89. The van der Waals surface area contributed by atoms with Crippen LogP contribution in [-0.4, -0.2) is 88.8 Å². The zero-order valence-corrected chi connectivity index (χ0v) is 19.1. The van der Waals surface area contributed by atoms with Gasteiger partial charge in [-0.1, -0.05) is 0 Å². The summed E-state index contributed by atoms with van der Waals surface area (Å²) in [6.45, 7) is 7.28. The Morgan fingerprint density at radius 3 is 2.35 bits per heavy atom. The summed E-state index contributed by atoms with van der Waals surface area (Å²) in [6.07, 6.45) is 3.15. The lowest BCUT2D eigenvalue weighted by molar-refractivity contribution is -0.145. The van der Waals surface area contributed by atoms with Crippen LogP contribution in [-0.2, 0) is 23.9 Å². The highest BCUT2D eigenvalue weighted by molar-refractivity contribution is 7.91. The SMILES string of the molecule is CC1(C)OB(c2cnc(S(=O)(=O)C[C@@H]3CCCCN3C(=O)[C@@H](O)CO)nc2)OC1(C)C. The Balaban J connectivity index is 1.74. The first-order valence-corrected chi connectivity index (χ1v) is 12.0. The molecule has 1 amide bonds. The fourth-order valence-corrected chi connectivity index (χ4v) is 5.08. The number of piperidine rings is 1. The summed E-state index contributed by atoms with van der Waals surface area (Å²) in [5.41, 5.74) is -0.574. The summed E-state index contributed by atoms with van der Waals surface area (Å²) in [7, 11) is -4.59. The summed E-state index contributed by atoms with van der Waals surface area (Å²) >= 11 is 0. The molecule has 2 fully saturated rings. The molecule has 3 heterocycles. The molecule has 2 atom stereocenters. The number of likely N-dealkylation sites (tertiary alicyclic amines) is 1. The quantitative estimate of drug-likeness (QED) is 0.420. The topological polar surface area (TPSA) is 139 Å². The van der Waals surface area contributed by atoms with Crippen LogP contribution in [0.2, 0.25) is 0 Å². The predicted octanol–water partition coefficient (Wildman–Crippen LogP) is -0.716. The van der Waals surface area contributed by atoms with Gasteiger partial charge >= 0.3 is 7.12 Å². The summed E-state index contributed by atoms with van der Waals surface area (Å²) in [6, 6.07) is -0.612. The van der Waals surface area contributed by atoms with Crippen LogP contribution in [0.4, 0.5) is 0 Å². The molecular formula is C19H30BN3O7S. The van der Waals surface area contributed by atoms with Crippen LogP contribution in [0.15, 0.2) is 17.6 Å². The fraction of sp³-hybridized carbons (Fsp3) is 0.737. The van der Waals surface area contributed by atoms with E-state index in [1.54, 1.807) is 0 Å². The minimum absolute atomic E-state index is 0.331. The Morgan fingerprint density at radius 2 is 1.81 bits per heavy atom. The average Bonchev–Trinajstić information content (AvgIpc) is 2.94. The smallest absolute Gasteiger partial charge is 0.399 e. The van der Waals surface area contributed by atoms with Gasteiger partial charge in [0.25, 0.3) is 5.91 Å². The van der Waals surface area contributed by atoms with E-state index < -0.39 is 52.8 Å². The second kappa shape index (κ2) is 8.74. The first-order chi connectivity index (χ1) is 14.4. The van der Waals surface area contributed by atoms with Crippen LogP contribution >= 0.6 is 0 Å². The number of hydrogen-bond acceptors (Lipinski definition) is 9. The number of aliphatic hydroxyl groups excluding tert-OH is 2. The normalized spacial score (nSPS) is 24.3. The Kier molecular flexibility index (Phi) is 6.78. The van der Waals surface area contributed by atoms with Gasteiger partial charge in [0.15, 0.2) is 6.10 Å². The van der Waals surface area contributed by atoms with Crippen LogP contribution in [0.3, 0.4) is 0 Å². The standard InChI is InChI=1S/C19H30BN3O7S/c1-18(2)19(3,4)30-20(29-18)13-9-21-17(22-10-13)31(27,28)12-14-7-5-6-8-23(14)16(26)15(25)11-24/h9-10,14-15,24-25H,5-8,11-12H2,1-4H3/t14-,15-/m0/s1. The van der Waals surface area contributed by atoms with Crippen LogP contribution in [0.5, 0.6) is 0 Å². The summed E-state index contributed by atoms with van der Waals surface area (Å²) in [5.74, 6) is -1.02. The van der Waals surface area contributed by atoms with Crippen LogP contribution in [0.1, 0.15) is 47.0 Å². The minimum Gasteiger partial charge on any atom is -0.399 e. The third kappa shape index (κ3) is 4.93. The number of amides is 1. The first-order valence-electron chi connectivity index (χ1n) is 10.4. The van der Waals surface area contributed by atoms with Crippen molar-refractivity contribution in [2.45, 2.75) is 75.5 Å². The van der Waals surface area contributed by atoms with Crippen molar-refractivity contribution in [3.8, 4) is 0 Å². The molecule has 0 spiro atoms. The van der Waals surface area contributed by atoms with Crippen molar-refractivity contribution in [1.29, 1.82) is 0 Å². The number of carbonyl (C=O) groups is 1. The Bertz CT molecular complexity index is 892. The van der Waals surface area contributed by atoms with E-state index in [-0.39, 0.29) is 10.9 Å². The number of aliphatic hydroxyl groups is 2. The Morgan fingerprint density at radius 1 is 1.23 bits per heavy atom. The van der Waals surface area contributed by atoms with Gasteiger partial charge in [-0.2, -0.15) is 0 Å². The Hall–Kier alpha value is -1.60. The van der Waals surface area contributed by atoms with Gasteiger partial charge in [0.2, 0.25) is 15.0 Å². The fourth-order valence-electron chi connectivity index (χ4n) is 3.65. The maximum atomic E-state index is 12.9. The predicted molar refractivity (Wildman–Crippen MR) is 112 cm³/mol. The van der Waals surface area contributed by atoms with Crippen molar-refractivity contribution >= 4 is 28.3 Å². The van der Waals surface area contributed by atoms with Crippen molar-refractivity contribution in [3.63, 3.8) is 0 Å². The molecule has 3 rings (SSSR count). The number of hydrogen-bond donors (Lipinski definition) is 2. The van der Waals surface area contributed by atoms with E-state index in [9.17, 15) is 18.3 Å². The maximum absolute atomic E-state index is 12.9. The van der Waals surface area contributed by atoms with Crippen LogP contribution < -0.4 is 5.46 Å². The Labute approximate surface area is 183 Å². The van der Waals surface area contributed by atoms with Crippen LogP contribution in [0.25, 0.3) is 0 Å². The summed E-state index contributed by atoms with van der Waals surface area (Å²) in [5, 5.41) is 18.4. The molecule has 0 unspecified atom stereocenters. The molecule has 2 saturated heterocycles. The van der Waals surface area contributed by atoms with E-state index in [2.05, 4.69) is 9.97 Å². The molecule has 2 N–H and O–H groups in total. The molecule has 2 aliphatic heterocycles. The van der Waals surface area contributed by atoms with Gasteiger partial charge in [0.05, 0.1) is 23.6 Å². The molecule has 0 saturated carbocycles. The second-order valence-corrected chi connectivity index (χ2v) is 11.0. The molecule has 1 aromatic heterocycles. The summed E-state index contributed by atoms with van der Waals surface area (Å²) < 4.78 is 37.7. The van der Waals surface area contributed by atoms with Crippen molar-refractivity contribution in [2.75, 3.05) is 18.9 Å². The van der Waals surface area contributed by atoms with Gasteiger partial charge in [0, 0.05) is 30.4 Å². The molecule has 0 bridgehead atoms. The van der Waals surface area contributed by atoms with Crippen LogP contribution in [0, 0.1) is 0 Å². The van der Waals surface area contributed by atoms with Gasteiger partial charge in [-0.3, -0.25) is 4.79 Å². The lowest BCUT2D eigenvalue weighted by Crippen LogP contribution is -2.51. The van der Waals surface area contributed by atoms with Crippen molar-refractivity contribution in [2.24, 2.45) is 0 Å². The molecule has 172 valence electrons. The monoisotopic (exact) mass is 455 g/mol. The third-order valence-corrected chi connectivity index (χ3v) is 7.82.